The van der Waals surface area contributed by atoms with Gasteiger partial charge in [0.1, 0.15) is 11.5 Å². The van der Waals surface area contributed by atoms with Gasteiger partial charge in [0.15, 0.2) is 11.2 Å². The van der Waals surface area contributed by atoms with Crippen LogP contribution in [0.1, 0.15) is 47.6 Å². The molecule has 0 radical (unpaired) electrons. The number of nitrogens with zero attached hydrogens (tertiary/aromatic N) is 1. The average Bonchev–Trinajstić information content (AvgIpc) is 2.59. The highest BCUT2D eigenvalue weighted by molar-refractivity contribution is 5.91. The summed E-state index contributed by atoms with van der Waals surface area (Å²) in [4.78, 5) is 26.3. The molecule has 25 heavy (non-hydrogen) atoms. The highest BCUT2D eigenvalue weighted by atomic mass is 16.3. The van der Waals surface area contributed by atoms with E-state index in [1.165, 1.54) is 12.1 Å². The number of carbonyl (C=O) groups is 1. The van der Waals surface area contributed by atoms with E-state index in [0.29, 0.717) is 12.3 Å². The molecule has 1 fully saturated rings. The zero-order valence-electron chi connectivity index (χ0n) is 14.4. The molecule has 5 nitrogen and oxygen atoms in total. The van der Waals surface area contributed by atoms with E-state index >= 15 is 0 Å². The molecule has 0 unspecified atom stereocenters. The first kappa shape index (κ1) is 17.3. The van der Waals surface area contributed by atoms with Crippen molar-refractivity contribution in [3.05, 3.63) is 63.7 Å². The number of hydrogen-bond acceptors (Lipinski definition) is 4. The van der Waals surface area contributed by atoms with Gasteiger partial charge >= 0.3 is 0 Å². The normalized spacial score (nSPS) is 17.5. The molecule has 1 amide bonds. The zero-order valence-corrected chi connectivity index (χ0v) is 14.4. The summed E-state index contributed by atoms with van der Waals surface area (Å²) >= 11 is 0. The number of hydrogen-bond donors (Lipinski definition) is 1. The van der Waals surface area contributed by atoms with Crippen molar-refractivity contribution >= 4 is 5.91 Å². The Morgan fingerprint density at radius 3 is 2.88 bits per heavy atom. The quantitative estimate of drug-likeness (QED) is 0.926. The molecule has 2 aromatic rings. The second kappa shape index (κ2) is 7.55. The Labute approximate surface area is 146 Å². The maximum absolute atomic E-state index is 12.8. The fraction of sp³-hybridized carbons (Fsp3) is 0.400. The molecule has 1 aromatic heterocycles. The van der Waals surface area contributed by atoms with E-state index in [1.807, 2.05) is 17.0 Å². The number of carbonyl (C=O) groups excluding carboxylic acids is 1. The summed E-state index contributed by atoms with van der Waals surface area (Å²) in [6.45, 7) is 2.36. The van der Waals surface area contributed by atoms with E-state index in [9.17, 15) is 14.7 Å². The molecule has 0 saturated carbocycles. The molecule has 0 bridgehead atoms. The van der Waals surface area contributed by atoms with Crippen molar-refractivity contribution in [1.29, 1.82) is 0 Å². The fourth-order valence-corrected chi connectivity index (χ4v) is 3.46. The number of rotatable bonds is 4. The lowest BCUT2D eigenvalue weighted by molar-refractivity contribution is 0.0565. The van der Waals surface area contributed by atoms with Crippen molar-refractivity contribution in [2.24, 2.45) is 0 Å². The molecule has 1 atom stereocenters. The Balaban J connectivity index is 1.73. The average molecular weight is 341 g/mol. The highest BCUT2D eigenvalue weighted by Crippen LogP contribution is 2.24. The van der Waals surface area contributed by atoms with Gasteiger partial charge in [0.25, 0.3) is 5.91 Å². The van der Waals surface area contributed by atoms with Gasteiger partial charge in [0.05, 0.1) is 0 Å². The summed E-state index contributed by atoms with van der Waals surface area (Å²) in [5.74, 6) is 0.621. The summed E-state index contributed by atoms with van der Waals surface area (Å²) in [7, 11) is 0. The van der Waals surface area contributed by atoms with Crippen LogP contribution in [0.15, 0.2) is 45.6 Å². The molecule has 2 heterocycles. The monoisotopic (exact) mass is 341 g/mol. The minimum atomic E-state index is -0.208. The van der Waals surface area contributed by atoms with Gasteiger partial charge in [-0.3, -0.25) is 9.59 Å². The van der Waals surface area contributed by atoms with Gasteiger partial charge in [-0.25, -0.2) is 0 Å². The maximum Gasteiger partial charge on any atom is 0.289 e. The van der Waals surface area contributed by atoms with E-state index in [4.69, 9.17) is 4.42 Å². The lowest BCUT2D eigenvalue weighted by Crippen LogP contribution is -2.44. The molecule has 3 rings (SSSR count). The third-order valence-electron chi connectivity index (χ3n) is 4.67. The van der Waals surface area contributed by atoms with Gasteiger partial charge < -0.3 is 14.4 Å². The Hall–Kier alpha value is -2.56. The highest BCUT2D eigenvalue weighted by Gasteiger charge is 2.28. The number of likely N-dealkylation sites (tertiary alicyclic amines) is 1. The van der Waals surface area contributed by atoms with E-state index in [0.717, 1.165) is 37.7 Å². The second-order valence-electron chi connectivity index (χ2n) is 6.62. The second-order valence-corrected chi connectivity index (χ2v) is 6.62. The van der Waals surface area contributed by atoms with Crippen LogP contribution in [0, 0.1) is 6.92 Å². The molecule has 132 valence electrons. The number of phenolic OH excluding ortho intramolecular Hbond substituents is 1. The van der Waals surface area contributed by atoms with Crippen LogP contribution < -0.4 is 5.43 Å². The molecule has 1 aromatic carbocycles. The topological polar surface area (TPSA) is 70.8 Å². The van der Waals surface area contributed by atoms with Crippen molar-refractivity contribution in [3.63, 3.8) is 0 Å². The molecule has 1 aliphatic rings. The fourth-order valence-electron chi connectivity index (χ4n) is 3.46. The number of benzene rings is 1. The van der Waals surface area contributed by atoms with E-state index in [-0.39, 0.29) is 28.9 Å². The Bertz CT molecular complexity index is 811. The number of amides is 1. The predicted molar refractivity (Wildman–Crippen MR) is 94.8 cm³/mol. The van der Waals surface area contributed by atoms with E-state index in [1.54, 1.807) is 19.1 Å². The molecular weight excluding hydrogens is 318 g/mol. The number of piperidine rings is 1. The van der Waals surface area contributed by atoms with Crippen molar-refractivity contribution < 1.29 is 14.3 Å². The molecule has 0 aliphatic carbocycles. The van der Waals surface area contributed by atoms with Crippen molar-refractivity contribution in [2.45, 2.75) is 45.1 Å². The number of phenols is 1. The van der Waals surface area contributed by atoms with Crippen LogP contribution in [-0.4, -0.2) is 28.5 Å². The van der Waals surface area contributed by atoms with Gasteiger partial charge in [-0.15, -0.1) is 0 Å². The van der Waals surface area contributed by atoms with Crippen LogP contribution in [0.2, 0.25) is 0 Å². The molecule has 1 saturated heterocycles. The predicted octanol–water partition coefficient (Wildman–Crippen LogP) is 3.28. The minimum absolute atomic E-state index is 0.120. The summed E-state index contributed by atoms with van der Waals surface area (Å²) in [6, 6.07) is 10.00. The third kappa shape index (κ3) is 4.29. The van der Waals surface area contributed by atoms with Gasteiger partial charge in [-0.05, 0) is 56.7 Å². The summed E-state index contributed by atoms with van der Waals surface area (Å²) < 4.78 is 5.48. The Kier molecular flexibility index (Phi) is 5.22. The number of aryl methyl sites for hydroxylation is 2. The summed E-state index contributed by atoms with van der Waals surface area (Å²) in [5, 5.41) is 9.58. The van der Waals surface area contributed by atoms with Crippen LogP contribution in [0.25, 0.3) is 0 Å². The molecule has 5 heteroatoms. The van der Waals surface area contributed by atoms with Gasteiger partial charge in [0.2, 0.25) is 0 Å². The zero-order chi connectivity index (χ0) is 17.8. The Morgan fingerprint density at radius 1 is 1.28 bits per heavy atom. The largest absolute Gasteiger partial charge is 0.508 e. The first-order valence-electron chi connectivity index (χ1n) is 8.73. The SMILES string of the molecule is Cc1cc(=O)cc(C(=O)N2CCCC[C@@H]2CCc2cccc(O)c2)o1. The van der Waals surface area contributed by atoms with E-state index < -0.39 is 0 Å². The first-order valence-corrected chi connectivity index (χ1v) is 8.73. The smallest absolute Gasteiger partial charge is 0.289 e. The van der Waals surface area contributed by atoms with Crippen LogP contribution in [0.4, 0.5) is 0 Å². The third-order valence-corrected chi connectivity index (χ3v) is 4.67. The van der Waals surface area contributed by atoms with Crippen LogP contribution >= 0.6 is 0 Å². The summed E-state index contributed by atoms with van der Waals surface area (Å²) in [5.41, 5.74) is 0.848. The van der Waals surface area contributed by atoms with Crippen molar-refractivity contribution in [1.82, 2.24) is 4.90 Å². The van der Waals surface area contributed by atoms with Gasteiger partial charge in [-0.1, -0.05) is 12.1 Å². The van der Waals surface area contributed by atoms with Gasteiger partial charge in [-0.2, -0.15) is 0 Å². The lowest BCUT2D eigenvalue weighted by atomic mass is 9.95. The number of aromatic hydroxyl groups is 1. The van der Waals surface area contributed by atoms with Crippen LogP contribution in [0.5, 0.6) is 5.75 Å². The molecule has 0 spiro atoms. The maximum atomic E-state index is 12.8. The molecular formula is C20H23NO4. The van der Waals surface area contributed by atoms with Crippen LogP contribution in [-0.2, 0) is 6.42 Å². The van der Waals surface area contributed by atoms with E-state index in [2.05, 4.69) is 0 Å². The molecule has 1 N–H and O–H groups in total. The van der Waals surface area contributed by atoms with Crippen molar-refractivity contribution in [3.8, 4) is 5.75 Å². The van der Waals surface area contributed by atoms with Gasteiger partial charge in [0, 0.05) is 24.7 Å². The Morgan fingerprint density at radius 2 is 2.12 bits per heavy atom. The summed E-state index contributed by atoms with van der Waals surface area (Å²) in [6.07, 6.45) is 4.61. The standard InChI is InChI=1S/C20H23NO4/c1-14-11-18(23)13-19(25-14)20(24)21-10-3-2-6-16(21)9-8-15-5-4-7-17(22)12-15/h4-5,7,11-13,16,22H,2-3,6,8-10H2,1H3/t16-/m1/s1. The first-order chi connectivity index (χ1) is 12.0. The molecule has 1 aliphatic heterocycles. The minimum Gasteiger partial charge on any atom is -0.508 e. The van der Waals surface area contributed by atoms with Crippen LogP contribution in [0.3, 0.4) is 0 Å². The lowest BCUT2D eigenvalue weighted by Gasteiger charge is -2.35. The van der Waals surface area contributed by atoms with Crippen molar-refractivity contribution in [2.75, 3.05) is 6.54 Å².